The summed E-state index contributed by atoms with van der Waals surface area (Å²) in [6.45, 7) is 6.14. The maximum absolute atomic E-state index is 9.16. The number of aromatic nitrogens is 2. The minimum atomic E-state index is -0.0293. The van der Waals surface area contributed by atoms with E-state index in [2.05, 4.69) is 18.9 Å². The van der Waals surface area contributed by atoms with E-state index >= 15 is 0 Å². The topological polar surface area (TPSA) is 38.0 Å². The summed E-state index contributed by atoms with van der Waals surface area (Å²) < 4.78 is 1.80. The van der Waals surface area contributed by atoms with Gasteiger partial charge < -0.3 is 5.11 Å². The number of nitrogens with zero attached hydrogens (tertiary/aromatic N) is 2. The van der Waals surface area contributed by atoms with Crippen LogP contribution in [0.25, 0.3) is 0 Å². The van der Waals surface area contributed by atoms with Crippen LogP contribution in [0.3, 0.4) is 0 Å². The number of hydrogen-bond acceptors (Lipinski definition) is 2. The first-order valence-electron chi connectivity index (χ1n) is 5.02. The summed E-state index contributed by atoms with van der Waals surface area (Å²) in [6, 6.07) is 0.285. The zero-order valence-electron chi connectivity index (χ0n) is 8.92. The van der Waals surface area contributed by atoms with Crippen LogP contribution in [0.1, 0.15) is 44.5 Å². The van der Waals surface area contributed by atoms with Crippen molar-refractivity contribution < 1.29 is 5.11 Å². The molecule has 1 rings (SSSR count). The monoisotopic (exact) mass is 216 g/mol. The summed E-state index contributed by atoms with van der Waals surface area (Å²) in [7, 11) is 0. The van der Waals surface area contributed by atoms with Gasteiger partial charge in [0, 0.05) is 5.56 Å². The minimum Gasteiger partial charge on any atom is -0.391 e. The summed E-state index contributed by atoms with van der Waals surface area (Å²) in [5, 5.41) is 14.1. The van der Waals surface area contributed by atoms with Crippen molar-refractivity contribution in [3.8, 4) is 0 Å². The van der Waals surface area contributed by atoms with Crippen LogP contribution in [0.4, 0.5) is 0 Å². The molecule has 0 spiro atoms. The van der Waals surface area contributed by atoms with E-state index in [9.17, 15) is 0 Å². The Hall–Kier alpha value is -0.540. The van der Waals surface area contributed by atoms with Crippen molar-refractivity contribution in [1.82, 2.24) is 9.78 Å². The first-order chi connectivity index (χ1) is 6.65. The molecule has 0 radical (unpaired) electrons. The van der Waals surface area contributed by atoms with Crippen molar-refractivity contribution in [2.75, 3.05) is 0 Å². The molecule has 1 heterocycles. The lowest BCUT2D eigenvalue weighted by atomic mass is 10.2. The predicted molar refractivity (Wildman–Crippen MR) is 57.5 cm³/mol. The van der Waals surface area contributed by atoms with Gasteiger partial charge in [-0.25, -0.2) is 0 Å². The molecule has 1 aromatic heterocycles. The molecule has 14 heavy (non-hydrogen) atoms. The fourth-order valence-electron chi connectivity index (χ4n) is 1.40. The van der Waals surface area contributed by atoms with Crippen molar-refractivity contribution >= 4 is 11.6 Å². The van der Waals surface area contributed by atoms with E-state index in [4.69, 9.17) is 16.7 Å². The Kier molecular flexibility index (Phi) is 3.96. The lowest BCUT2D eigenvalue weighted by molar-refractivity contribution is 0.280. The van der Waals surface area contributed by atoms with Gasteiger partial charge in [0.2, 0.25) is 0 Å². The summed E-state index contributed by atoms with van der Waals surface area (Å²) >= 11 is 6.12. The molecule has 0 aliphatic carbocycles. The maximum Gasteiger partial charge on any atom is 0.133 e. The van der Waals surface area contributed by atoms with Crippen molar-refractivity contribution in [2.45, 2.75) is 46.3 Å². The number of aryl methyl sites for hydroxylation is 1. The van der Waals surface area contributed by atoms with E-state index in [0.29, 0.717) is 5.15 Å². The van der Waals surface area contributed by atoms with Crippen LogP contribution in [0, 0.1) is 0 Å². The van der Waals surface area contributed by atoms with Crippen LogP contribution in [0.5, 0.6) is 0 Å². The molecule has 80 valence electrons. The summed E-state index contributed by atoms with van der Waals surface area (Å²) in [5.41, 5.74) is 1.67. The molecule has 0 saturated carbocycles. The van der Waals surface area contributed by atoms with Crippen LogP contribution in [-0.2, 0) is 13.0 Å². The molecule has 0 saturated heterocycles. The molecule has 0 aliphatic rings. The molecular weight excluding hydrogens is 200 g/mol. The second-order valence-corrected chi connectivity index (χ2v) is 3.79. The molecule has 1 atom stereocenters. The number of aliphatic hydroxyl groups is 1. The van der Waals surface area contributed by atoms with Gasteiger partial charge in [0.1, 0.15) is 5.15 Å². The summed E-state index contributed by atoms with van der Waals surface area (Å²) in [6.07, 6.45) is 1.79. The van der Waals surface area contributed by atoms with E-state index in [0.717, 1.165) is 24.1 Å². The highest BCUT2D eigenvalue weighted by Crippen LogP contribution is 2.25. The molecule has 1 N–H and O–H groups in total. The van der Waals surface area contributed by atoms with Crippen molar-refractivity contribution in [3.63, 3.8) is 0 Å². The van der Waals surface area contributed by atoms with E-state index in [1.807, 2.05) is 6.92 Å². The zero-order chi connectivity index (χ0) is 10.7. The molecule has 4 heteroatoms. The highest BCUT2D eigenvalue weighted by atomic mass is 35.5. The minimum absolute atomic E-state index is 0.0293. The van der Waals surface area contributed by atoms with Gasteiger partial charge in [0.25, 0.3) is 0 Å². The van der Waals surface area contributed by atoms with Crippen LogP contribution >= 0.6 is 11.6 Å². The van der Waals surface area contributed by atoms with Gasteiger partial charge in [-0.1, -0.05) is 25.4 Å². The van der Waals surface area contributed by atoms with Crippen molar-refractivity contribution in [2.24, 2.45) is 0 Å². The molecule has 0 aliphatic heterocycles. The highest BCUT2D eigenvalue weighted by Gasteiger charge is 2.16. The molecule has 1 aromatic rings. The Morgan fingerprint density at radius 2 is 2.14 bits per heavy atom. The maximum atomic E-state index is 9.16. The molecule has 0 amide bonds. The average Bonchev–Trinajstić information content (AvgIpc) is 2.53. The van der Waals surface area contributed by atoms with Gasteiger partial charge in [0.05, 0.1) is 18.3 Å². The van der Waals surface area contributed by atoms with Crippen LogP contribution < -0.4 is 0 Å². The number of halogens is 1. The highest BCUT2D eigenvalue weighted by molar-refractivity contribution is 6.30. The first kappa shape index (κ1) is 11.5. The van der Waals surface area contributed by atoms with Crippen molar-refractivity contribution in [3.05, 3.63) is 16.4 Å². The normalized spacial score (nSPS) is 13.2. The number of rotatable bonds is 4. The molecular formula is C10H17ClN2O. The van der Waals surface area contributed by atoms with Gasteiger partial charge in [0.15, 0.2) is 0 Å². The Labute approximate surface area is 89.7 Å². The third-order valence-electron chi connectivity index (χ3n) is 2.53. The number of aliphatic hydroxyl groups excluding tert-OH is 1. The predicted octanol–water partition coefficient (Wildman–Crippen LogP) is 2.56. The fourth-order valence-corrected chi connectivity index (χ4v) is 1.77. The quantitative estimate of drug-likeness (QED) is 0.840. The van der Waals surface area contributed by atoms with Gasteiger partial charge in [-0.3, -0.25) is 4.68 Å². The largest absolute Gasteiger partial charge is 0.391 e. The van der Waals surface area contributed by atoms with E-state index in [1.54, 1.807) is 4.68 Å². The van der Waals surface area contributed by atoms with Crippen LogP contribution in [0.15, 0.2) is 0 Å². The van der Waals surface area contributed by atoms with E-state index in [1.165, 1.54) is 0 Å². The third kappa shape index (κ3) is 1.93. The Morgan fingerprint density at radius 1 is 1.50 bits per heavy atom. The fraction of sp³-hybridized carbons (Fsp3) is 0.700. The average molecular weight is 217 g/mol. The van der Waals surface area contributed by atoms with Gasteiger partial charge in [-0.05, 0) is 19.8 Å². The molecule has 3 nitrogen and oxygen atoms in total. The second kappa shape index (κ2) is 4.80. The third-order valence-corrected chi connectivity index (χ3v) is 2.93. The number of hydrogen-bond donors (Lipinski definition) is 1. The standard InChI is InChI=1S/C10H17ClN2O/c1-4-7(3)13-10(11)8(6-14)9(5-2)12-13/h7,14H,4-6H2,1-3H3. The molecule has 0 fully saturated rings. The molecule has 1 unspecified atom stereocenters. The summed E-state index contributed by atoms with van der Waals surface area (Å²) in [5.74, 6) is 0. The first-order valence-corrected chi connectivity index (χ1v) is 5.40. The molecule has 0 bridgehead atoms. The van der Waals surface area contributed by atoms with E-state index in [-0.39, 0.29) is 12.6 Å². The van der Waals surface area contributed by atoms with Crippen molar-refractivity contribution in [1.29, 1.82) is 0 Å². The van der Waals surface area contributed by atoms with E-state index < -0.39 is 0 Å². The van der Waals surface area contributed by atoms with Gasteiger partial charge in [-0.2, -0.15) is 5.10 Å². The second-order valence-electron chi connectivity index (χ2n) is 3.43. The lowest BCUT2D eigenvalue weighted by Gasteiger charge is -2.10. The van der Waals surface area contributed by atoms with Crippen LogP contribution in [0.2, 0.25) is 5.15 Å². The Balaban J connectivity index is 3.13. The SMILES string of the molecule is CCc1nn(C(C)CC)c(Cl)c1CO. The summed E-state index contributed by atoms with van der Waals surface area (Å²) in [4.78, 5) is 0. The Bertz CT molecular complexity index is 309. The smallest absolute Gasteiger partial charge is 0.133 e. The van der Waals surface area contributed by atoms with Gasteiger partial charge in [-0.15, -0.1) is 0 Å². The Morgan fingerprint density at radius 3 is 2.50 bits per heavy atom. The molecule has 0 aromatic carbocycles. The zero-order valence-corrected chi connectivity index (χ0v) is 9.67. The lowest BCUT2D eigenvalue weighted by Crippen LogP contribution is -2.06. The van der Waals surface area contributed by atoms with Crippen LogP contribution in [-0.4, -0.2) is 14.9 Å². The van der Waals surface area contributed by atoms with Gasteiger partial charge >= 0.3 is 0 Å².